The molecule has 0 bridgehead atoms. The van der Waals surface area contributed by atoms with Crippen LogP contribution < -0.4 is 10.5 Å². The highest BCUT2D eigenvalue weighted by molar-refractivity contribution is 5.58. The van der Waals surface area contributed by atoms with Crippen molar-refractivity contribution < 1.29 is 9.66 Å². The van der Waals surface area contributed by atoms with E-state index in [2.05, 4.69) is 0 Å². The first kappa shape index (κ1) is 10.4. The minimum atomic E-state index is -0.558. The second-order valence-electron chi connectivity index (χ2n) is 3.53. The van der Waals surface area contributed by atoms with Crippen molar-refractivity contribution in [3.05, 3.63) is 33.4 Å². The van der Waals surface area contributed by atoms with Crippen LogP contribution in [-0.2, 0) is 0 Å². The highest BCUT2D eigenvalue weighted by Crippen LogP contribution is 2.39. The number of hydrogen-bond donors (Lipinski definition) is 1. The van der Waals surface area contributed by atoms with E-state index in [1.54, 1.807) is 6.07 Å². The summed E-state index contributed by atoms with van der Waals surface area (Å²) in [6.07, 6.45) is 0.596. The Morgan fingerprint density at radius 2 is 2.38 bits per heavy atom. The van der Waals surface area contributed by atoms with Gasteiger partial charge < -0.3 is 10.5 Å². The van der Waals surface area contributed by atoms with E-state index in [0.717, 1.165) is 0 Å². The summed E-state index contributed by atoms with van der Waals surface area (Å²) in [6.45, 7) is 0.362. The molecule has 1 aromatic carbocycles. The van der Waals surface area contributed by atoms with Crippen LogP contribution in [-0.4, -0.2) is 11.5 Å². The molecule has 6 heteroatoms. The van der Waals surface area contributed by atoms with E-state index in [0.29, 0.717) is 18.6 Å². The van der Waals surface area contributed by atoms with E-state index in [9.17, 15) is 10.1 Å². The Hall–Kier alpha value is -2.13. The molecule has 0 saturated carbocycles. The third kappa shape index (κ3) is 1.57. The summed E-state index contributed by atoms with van der Waals surface area (Å²) in [6, 6.07) is 4.32. The van der Waals surface area contributed by atoms with E-state index in [1.807, 2.05) is 6.07 Å². The SMILES string of the molecule is N#Cc1cc2c(c([N+](=O)[O-])c1)OCC[C@@H]2N. The summed E-state index contributed by atoms with van der Waals surface area (Å²) < 4.78 is 5.25. The van der Waals surface area contributed by atoms with Crippen LogP contribution in [0.2, 0.25) is 0 Å². The third-order valence-corrected chi connectivity index (χ3v) is 2.50. The molecule has 0 aliphatic carbocycles. The number of hydrogen-bond acceptors (Lipinski definition) is 5. The fourth-order valence-electron chi connectivity index (χ4n) is 1.71. The summed E-state index contributed by atoms with van der Waals surface area (Å²) in [7, 11) is 0. The predicted octanol–water partition coefficient (Wildman–Crippen LogP) is 1.25. The van der Waals surface area contributed by atoms with Crippen LogP contribution in [0, 0.1) is 21.4 Å². The summed E-state index contributed by atoms with van der Waals surface area (Å²) in [4.78, 5) is 10.3. The lowest BCUT2D eigenvalue weighted by Crippen LogP contribution is -2.21. The quantitative estimate of drug-likeness (QED) is 0.565. The molecule has 1 aliphatic heterocycles. The van der Waals surface area contributed by atoms with Gasteiger partial charge in [0.2, 0.25) is 5.75 Å². The number of benzene rings is 1. The lowest BCUT2D eigenvalue weighted by atomic mass is 9.98. The molecule has 0 fully saturated rings. The minimum absolute atomic E-state index is 0.191. The third-order valence-electron chi connectivity index (χ3n) is 2.50. The number of ether oxygens (including phenoxy) is 1. The lowest BCUT2D eigenvalue weighted by Gasteiger charge is -2.22. The summed E-state index contributed by atoms with van der Waals surface area (Å²) in [5.41, 5.74) is 6.40. The monoisotopic (exact) mass is 219 g/mol. The molecule has 2 rings (SSSR count). The van der Waals surface area contributed by atoms with Gasteiger partial charge in [0.05, 0.1) is 23.2 Å². The highest BCUT2D eigenvalue weighted by atomic mass is 16.6. The number of rotatable bonds is 1. The molecule has 2 N–H and O–H groups in total. The second kappa shape index (κ2) is 3.79. The number of fused-ring (bicyclic) bond motifs is 1. The first-order valence-electron chi connectivity index (χ1n) is 4.74. The molecule has 1 heterocycles. The van der Waals surface area contributed by atoms with Crippen LogP contribution >= 0.6 is 0 Å². The molecule has 0 saturated heterocycles. The van der Waals surface area contributed by atoms with Crippen molar-refractivity contribution in [1.82, 2.24) is 0 Å². The maximum atomic E-state index is 10.8. The van der Waals surface area contributed by atoms with Crippen molar-refractivity contribution in [3.8, 4) is 11.8 Å². The van der Waals surface area contributed by atoms with Gasteiger partial charge in [-0.15, -0.1) is 0 Å². The molecule has 0 spiro atoms. The molecule has 0 aromatic heterocycles. The van der Waals surface area contributed by atoms with E-state index in [4.69, 9.17) is 15.7 Å². The summed E-state index contributed by atoms with van der Waals surface area (Å²) in [5, 5.41) is 19.6. The smallest absolute Gasteiger partial charge is 0.312 e. The average molecular weight is 219 g/mol. The highest BCUT2D eigenvalue weighted by Gasteiger charge is 2.27. The number of nitro benzene ring substituents is 1. The largest absolute Gasteiger partial charge is 0.487 e. The summed E-state index contributed by atoms with van der Waals surface area (Å²) in [5.74, 6) is 0.197. The van der Waals surface area contributed by atoms with Gasteiger partial charge in [-0.25, -0.2) is 0 Å². The topological polar surface area (TPSA) is 102 Å². The fraction of sp³-hybridized carbons (Fsp3) is 0.300. The first-order valence-corrected chi connectivity index (χ1v) is 4.74. The van der Waals surface area contributed by atoms with Crippen molar-refractivity contribution in [2.75, 3.05) is 6.61 Å². The Bertz CT molecular complexity index is 493. The van der Waals surface area contributed by atoms with Gasteiger partial charge in [-0.3, -0.25) is 10.1 Å². The van der Waals surface area contributed by atoms with Crippen LogP contribution in [0.1, 0.15) is 23.6 Å². The zero-order valence-electron chi connectivity index (χ0n) is 8.34. The van der Waals surface area contributed by atoms with E-state index in [1.165, 1.54) is 6.07 Å². The Kier molecular flexibility index (Phi) is 2.46. The molecular formula is C10H9N3O3. The van der Waals surface area contributed by atoms with Gasteiger partial charge in [-0.1, -0.05) is 0 Å². The van der Waals surface area contributed by atoms with E-state index in [-0.39, 0.29) is 23.0 Å². The predicted molar refractivity (Wildman–Crippen MR) is 54.9 cm³/mol. The normalized spacial score (nSPS) is 18.1. The van der Waals surface area contributed by atoms with Gasteiger partial charge >= 0.3 is 5.69 Å². The van der Waals surface area contributed by atoms with Crippen LogP contribution in [0.3, 0.4) is 0 Å². The molecule has 1 aliphatic rings. The first-order chi connectivity index (χ1) is 7.63. The Labute approximate surface area is 91.4 Å². The average Bonchev–Trinajstić information content (AvgIpc) is 2.28. The van der Waals surface area contributed by atoms with Crippen LogP contribution in [0.25, 0.3) is 0 Å². The van der Waals surface area contributed by atoms with Crippen molar-refractivity contribution in [1.29, 1.82) is 5.26 Å². The summed E-state index contributed by atoms with van der Waals surface area (Å²) >= 11 is 0. The van der Waals surface area contributed by atoms with Crippen molar-refractivity contribution in [3.63, 3.8) is 0 Å². The van der Waals surface area contributed by atoms with Crippen molar-refractivity contribution >= 4 is 5.69 Å². The maximum absolute atomic E-state index is 10.8. The van der Waals surface area contributed by atoms with Gasteiger partial charge in [0.1, 0.15) is 0 Å². The van der Waals surface area contributed by atoms with Crippen LogP contribution in [0.4, 0.5) is 5.69 Å². The lowest BCUT2D eigenvalue weighted by molar-refractivity contribution is -0.386. The number of nitriles is 1. The number of nitro groups is 1. The standard InChI is InChI=1S/C10H9N3O3/c11-5-6-3-7-8(12)1-2-16-10(7)9(4-6)13(14)15/h3-4,8H,1-2,12H2/t8-/m0/s1. The number of nitrogens with zero attached hydrogens (tertiary/aromatic N) is 2. The molecule has 16 heavy (non-hydrogen) atoms. The zero-order chi connectivity index (χ0) is 11.7. The van der Waals surface area contributed by atoms with Gasteiger partial charge in [0, 0.05) is 24.1 Å². The fourth-order valence-corrected chi connectivity index (χ4v) is 1.71. The second-order valence-corrected chi connectivity index (χ2v) is 3.53. The van der Waals surface area contributed by atoms with Gasteiger partial charge in [-0.05, 0) is 6.07 Å². The maximum Gasteiger partial charge on any atom is 0.312 e. The zero-order valence-corrected chi connectivity index (χ0v) is 8.34. The molecule has 0 radical (unpaired) electrons. The Balaban J connectivity index is 2.66. The molecule has 0 unspecified atom stereocenters. The van der Waals surface area contributed by atoms with Gasteiger partial charge in [0.25, 0.3) is 0 Å². The Morgan fingerprint density at radius 3 is 3.00 bits per heavy atom. The molecule has 1 atom stereocenters. The number of nitrogens with two attached hydrogens (primary N) is 1. The molecule has 1 aromatic rings. The van der Waals surface area contributed by atoms with E-state index < -0.39 is 4.92 Å². The minimum Gasteiger partial charge on any atom is -0.487 e. The van der Waals surface area contributed by atoms with Crippen LogP contribution in [0.15, 0.2) is 12.1 Å². The molecular weight excluding hydrogens is 210 g/mol. The Morgan fingerprint density at radius 1 is 1.62 bits per heavy atom. The molecule has 6 nitrogen and oxygen atoms in total. The van der Waals surface area contributed by atoms with Gasteiger partial charge in [-0.2, -0.15) is 5.26 Å². The van der Waals surface area contributed by atoms with Crippen molar-refractivity contribution in [2.24, 2.45) is 5.73 Å². The van der Waals surface area contributed by atoms with Gasteiger partial charge in [0.15, 0.2) is 0 Å². The van der Waals surface area contributed by atoms with Crippen LogP contribution in [0.5, 0.6) is 5.75 Å². The molecule has 82 valence electrons. The molecule has 0 amide bonds. The van der Waals surface area contributed by atoms with E-state index >= 15 is 0 Å². The van der Waals surface area contributed by atoms with Crippen molar-refractivity contribution in [2.45, 2.75) is 12.5 Å².